The first-order valence-electron chi connectivity index (χ1n) is 6.09. The van der Waals surface area contributed by atoms with Crippen molar-refractivity contribution in [2.24, 2.45) is 0 Å². The van der Waals surface area contributed by atoms with E-state index in [9.17, 15) is 4.79 Å². The first-order chi connectivity index (χ1) is 9.54. The van der Waals surface area contributed by atoms with Crippen molar-refractivity contribution in [3.63, 3.8) is 0 Å². The zero-order valence-corrected chi connectivity index (χ0v) is 12.6. The Kier molecular flexibility index (Phi) is 4.93. The lowest BCUT2D eigenvalue weighted by Crippen LogP contribution is -2.15. The Labute approximate surface area is 127 Å². The molecular formula is C15H15ClN2OS. The van der Waals surface area contributed by atoms with Gasteiger partial charge >= 0.3 is 0 Å². The molecule has 2 aromatic rings. The predicted octanol–water partition coefficient (Wildman–Crippen LogP) is 3.96. The fourth-order valence-corrected chi connectivity index (χ4v) is 2.46. The highest BCUT2D eigenvalue weighted by Crippen LogP contribution is 2.22. The van der Waals surface area contributed by atoms with Crippen LogP contribution in [0, 0.1) is 6.92 Å². The van der Waals surface area contributed by atoms with Crippen LogP contribution in [-0.2, 0) is 4.79 Å². The number of benzene rings is 2. The van der Waals surface area contributed by atoms with E-state index in [-0.39, 0.29) is 5.91 Å². The van der Waals surface area contributed by atoms with Crippen molar-refractivity contribution in [2.75, 3.05) is 16.8 Å². The lowest BCUT2D eigenvalue weighted by molar-refractivity contribution is -0.113. The number of carbonyl (C=O) groups is 1. The molecule has 0 aliphatic carbocycles. The van der Waals surface area contributed by atoms with E-state index in [0.29, 0.717) is 16.5 Å². The fourth-order valence-electron chi connectivity index (χ4n) is 1.64. The third kappa shape index (κ3) is 4.18. The zero-order chi connectivity index (χ0) is 14.5. The summed E-state index contributed by atoms with van der Waals surface area (Å²) in [6.45, 7) is 1.93. The van der Waals surface area contributed by atoms with Gasteiger partial charge in [0.05, 0.1) is 5.75 Å². The zero-order valence-electron chi connectivity index (χ0n) is 11.0. The number of hydrogen-bond acceptors (Lipinski definition) is 3. The van der Waals surface area contributed by atoms with Crippen molar-refractivity contribution >= 4 is 40.6 Å². The number of rotatable bonds is 4. The summed E-state index contributed by atoms with van der Waals surface area (Å²) in [7, 11) is 0. The number of nitrogens with two attached hydrogens (primary N) is 1. The molecule has 0 fully saturated rings. The van der Waals surface area contributed by atoms with E-state index in [0.717, 1.165) is 16.1 Å². The van der Waals surface area contributed by atoms with Crippen LogP contribution in [0.4, 0.5) is 11.4 Å². The standard InChI is InChI=1S/C15H15ClN2OS/c1-10-2-5-12(17)8-14(10)18-15(19)9-20-13-6-3-11(16)4-7-13/h2-8H,9,17H2,1H3,(H,18,19). The van der Waals surface area contributed by atoms with Gasteiger partial charge in [0.2, 0.25) is 5.91 Å². The van der Waals surface area contributed by atoms with Gasteiger partial charge in [-0.25, -0.2) is 0 Å². The maximum atomic E-state index is 11.9. The van der Waals surface area contributed by atoms with Gasteiger partial charge in [-0.05, 0) is 48.9 Å². The average molecular weight is 307 g/mol. The largest absolute Gasteiger partial charge is 0.399 e. The lowest BCUT2D eigenvalue weighted by atomic mass is 10.2. The van der Waals surface area contributed by atoms with E-state index in [1.807, 2.05) is 43.3 Å². The quantitative estimate of drug-likeness (QED) is 0.664. The Hall–Kier alpha value is -1.65. The summed E-state index contributed by atoms with van der Waals surface area (Å²) in [5.41, 5.74) is 8.09. The number of thioether (sulfide) groups is 1. The molecule has 2 aromatic carbocycles. The van der Waals surface area contributed by atoms with Crippen LogP contribution in [0.3, 0.4) is 0 Å². The molecule has 0 spiro atoms. The third-order valence-corrected chi connectivity index (χ3v) is 3.98. The van der Waals surface area contributed by atoms with Gasteiger partial charge in [0.25, 0.3) is 0 Å². The maximum absolute atomic E-state index is 11.9. The fraction of sp³-hybridized carbons (Fsp3) is 0.133. The van der Waals surface area contributed by atoms with Crippen molar-refractivity contribution in [2.45, 2.75) is 11.8 Å². The molecule has 2 rings (SSSR count). The molecule has 0 bridgehead atoms. The summed E-state index contributed by atoms with van der Waals surface area (Å²) in [6.07, 6.45) is 0. The molecule has 1 amide bonds. The number of nitrogen functional groups attached to an aromatic ring is 1. The Balaban J connectivity index is 1.92. The summed E-state index contributed by atoms with van der Waals surface area (Å²) in [6, 6.07) is 12.9. The molecule has 0 saturated carbocycles. The van der Waals surface area contributed by atoms with Gasteiger partial charge in [-0.3, -0.25) is 4.79 Å². The predicted molar refractivity (Wildman–Crippen MR) is 86.4 cm³/mol. The van der Waals surface area contributed by atoms with Crippen LogP contribution in [-0.4, -0.2) is 11.7 Å². The van der Waals surface area contributed by atoms with Crippen molar-refractivity contribution in [1.82, 2.24) is 0 Å². The normalized spacial score (nSPS) is 10.3. The van der Waals surface area contributed by atoms with Crippen LogP contribution in [0.1, 0.15) is 5.56 Å². The number of hydrogen-bond donors (Lipinski definition) is 2. The molecule has 20 heavy (non-hydrogen) atoms. The van der Waals surface area contributed by atoms with Gasteiger partial charge in [0.15, 0.2) is 0 Å². The highest BCUT2D eigenvalue weighted by atomic mass is 35.5. The first-order valence-corrected chi connectivity index (χ1v) is 7.45. The van der Waals surface area contributed by atoms with Crippen molar-refractivity contribution in [3.05, 3.63) is 53.1 Å². The Bertz CT molecular complexity index is 614. The van der Waals surface area contributed by atoms with Crippen molar-refractivity contribution in [3.8, 4) is 0 Å². The topological polar surface area (TPSA) is 55.1 Å². The minimum absolute atomic E-state index is 0.0568. The summed E-state index contributed by atoms with van der Waals surface area (Å²) in [5.74, 6) is 0.286. The van der Waals surface area contributed by atoms with E-state index in [4.69, 9.17) is 17.3 Å². The molecule has 3 N–H and O–H groups in total. The van der Waals surface area contributed by atoms with Crippen LogP contribution in [0.15, 0.2) is 47.4 Å². The van der Waals surface area contributed by atoms with Crippen molar-refractivity contribution in [1.29, 1.82) is 0 Å². The van der Waals surface area contributed by atoms with Gasteiger partial charge in [-0.1, -0.05) is 17.7 Å². The van der Waals surface area contributed by atoms with E-state index in [2.05, 4.69) is 5.32 Å². The van der Waals surface area contributed by atoms with Crippen LogP contribution in [0.5, 0.6) is 0 Å². The van der Waals surface area contributed by atoms with Gasteiger partial charge in [0, 0.05) is 21.3 Å². The van der Waals surface area contributed by atoms with E-state index in [1.54, 1.807) is 6.07 Å². The molecule has 3 nitrogen and oxygen atoms in total. The molecule has 104 valence electrons. The molecule has 0 aromatic heterocycles. The van der Waals surface area contributed by atoms with E-state index >= 15 is 0 Å². The molecule has 0 unspecified atom stereocenters. The maximum Gasteiger partial charge on any atom is 0.234 e. The van der Waals surface area contributed by atoms with Crippen LogP contribution in [0.25, 0.3) is 0 Å². The monoisotopic (exact) mass is 306 g/mol. The minimum atomic E-state index is -0.0568. The molecule has 0 heterocycles. The van der Waals surface area contributed by atoms with Crippen LogP contribution in [0.2, 0.25) is 5.02 Å². The Morgan fingerprint density at radius 2 is 1.95 bits per heavy atom. The molecular weight excluding hydrogens is 292 g/mol. The lowest BCUT2D eigenvalue weighted by Gasteiger charge is -2.09. The van der Waals surface area contributed by atoms with Gasteiger partial charge in [-0.2, -0.15) is 0 Å². The van der Waals surface area contributed by atoms with Crippen LogP contribution < -0.4 is 11.1 Å². The summed E-state index contributed by atoms with van der Waals surface area (Å²) < 4.78 is 0. The Morgan fingerprint density at radius 1 is 1.25 bits per heavy atom. The second-order valence-corrected chi connectivity index (χ2v) is 5.85. The smallest absolute Gasteiger partial charge is 0.234 e. The number of aryl methyl sites for hydroxylation is 1. The molecule has 0 atom stereocenters. The SMILES string of the molecule is Cc1ccc(N)cc1NC(=O)CSc1ccc(Cl)cc1. The Morgan fingerprint density at radius 3 is 2.65 bits per heavy atom. The highest BCUT2D eigenvalue weighted by molar-refractivity contribution is 8.00. The first kappa shape index (κ1) is 14.8. The third-order valence-electron chi connectivity index (χ3n) is 2.72. The van der Waals surface area contributed by atoms with Gasteiger partial charge in [-0.15, -0.1) is 11.8 Å². The van der Waals surface area contributed by atoms with Crippen LogP contribution >= 0.6 is 23.4 Å². The summed E-state index contributed by atoms with van der Waals surface area (Å²) in [5, 5.41) is 3.56. The minimum Gasteiger partial charge on any atom is -0.399 e. The molecule has 0 aliphatic heterocycles. The highest BCUT2D eigenvalue weighted by Gasteiger charge is 2.06. The second-order valence-electron chi connectivity index (χ2n) is 4.37. The summed E-state index contributed by atoms with van der Waals surface area (Å²) >= 11 is 7.28. The number of amides is 1. The number of anilines is 2. The van der Waals surface area contributed by atoms with Gasteiger partial charge in [0.1, 0.15) is 0 Å². The number of halogens is 1. The molecule has 5 heteroatoms. The average Bonchev–Trinajstić information content (AvgIpc) is 2.42. The van der Waals surface area contributed by atoms with E-state index < -0.39 is 0 Å². The molecule has 0 aliphatic rings. The number of nitrogens with one attached hydrogen (secondary N) is 1. The van der Waals surface area contributed by atoms with Crippen molar-refractivity contribution < 1.29 is 4.79 Å². The molecule has 0 radical (unpaired) electrons. The second kappa shape index (κ2) is 6.68. The molecule has 0 saturated heterocycles. The van der Waals surface area contributed by atoms with E-state index in [1.165, 1.54) is 11.8 Å². The number of carbonyl (C=O) groups excluding carboxylic acids is 1. The van der Waals surface area contributed by atoms with Gasteiger partial charge < -0.3 is 11.1 Å². The summed E-state index contributed by atoms with van der Waals surface area (Å²) in [4.78, 5) is 12.9.